The van der Waals surface area contributed by atoms with E-state index in [1.54, 1.807) is 0 Å². The van der Waals surface area contributed by atoms with E-state index in [1.165, 1.54) is 14.2 Å². The molecule has 0 aromatic rings. The van der Waals surface area contributed by atoms with Crippen LogP contribution in [0, 0.1) is 0 Å². The SMILES string of the molecule is CCOC(OCC)O[SiH](OC)OC. The van der Waals surface area contributed by atoms with E-state index in [1.807, 2.05) is 13.8 Å². The monoisotopic (exact) mass is 210 g/mol. The average molecular weight is 210 g/mol. The summed E-state index contributed by atoms with van der Waals surface area (Å²) in [5.41, 5.74) is 0. The van der Waals surface area contributed by atoms with E-state index >= 15 is 0 Å². The lowest BCUT2D eigenvalue weighted by atomic mass is 10.8. The second kappa shape index (κ2) is 8.61. The highest BCUT2D eigenvalue weighted by Crippen LogP contribution is 2.01. The summed E-state index contributed by atoms with van der Waals surface area (Å²) in [4.78, 5) is 0. The minimum atomic E-state index is -2.06. The van der Waals surface area contributed by atoms with Crippen molar-refractivity contribution in [3.8, 4) is 0 Å². The van der Waals surface area contributed by atoms with Crippen molar-refractivity contribution in [2.75, 3.05) is 27.4 Å². The molecular formula is C7H18O5Si. The van der Waals surface area contributed by atoms with Crippen LogP contribution in [-0.2, 0) is 22.8 Å². The van der Waals surface area contributed by atoms with Crippen molar-refractivity contribution < 1.29 is 22.8 Å². The van der Waals surface area contributed by atoms with Crippen LogP contribution in [0.2, 0.25) is 0 Å². The van der Waals surface area contributed by atoms with Crippen molar-refractivity contribution in [3.05, 3.63) is 0 Å². The summed E-state index contributed by atoms with van der Waals surface area (Å²) in [6, 6.07) is 0. The second-order valence-corrected chi connectivity index (χ2v) is 3.89. The summed E-state index contributed by atoms with van der Waals surface area (Å²) in [6.45, 7) is 4.11. The second-order valence-electron chi connectivity index (χ2n) is 2.10. The van der Waals surface area contributed by atoms with Crippen LogP contribution in [0.15, 0.2) is 0 Å². The molecule has 0 heterocycles. The van der Waals surface area contributed by atoms with Crippen molar-refractivity contribution in [2.45, 2.75) is 20.3 Å². The summed E-state index contributed by atoms with van der Waals surface area (Å²) >= 11 is 0. The number of hydrogen-bond acceptors (Lipinski definition) is 5. The molecule has 0 saturated heterocycles. The highest BCUT2D eigenvalue weighted by atomic mass is 28.3. The van der Waals surface area contributed by atoms with Gasteiger partial charge in [-0.1, -0.05) is 0 Å². The van der Waals surface area contributed by atoms with Gasteiger partial charge in [0.15, 0.2) is 0 Å². The molecule has 0 rings (SSSR count). The Labute approximate surface area is 80.8 Å². The molecular weight excluding hydrogens is 192 g/mol. The van der Waals surface area contributed by atoms with Crippen molar-refractivity contribution in [2.24, 2.45) is 0 Å². The summed E-state index contributed by atoms with van der Waals surface area (Å²) < 4.78 is 25.5. The van der Waals surface area contributed by atoms with Gasteiger partial charge < -0.3 is 22.8 Å². The summed E-state index contributed by atoms with van der Waals surface area (Å²) in [6.07, 6.45) is 0. The van der Waals surface area contributed by atoms with Crippen LogP contribution in [0.4, 0.5) is 0 Å². The van der Waals surface area contributed by atoms with Gasteiger partial charge in [-0.2, -0.15) is 0 Å². The third-order valence-corrected chi connectivity index (χ3v) is 2.43. The van der Waals surface area contributed by atoms with Gasteiger partial charge >= 0.3 is 9.53 Å². The molecule has 0 aliphatic heterocycles. The summed E-state index contributed by atoms with van der Waals surface area (Å²) in [5, 5.41) is 0. The number of rotatable bonds is 8. The first-order chi connectivity index (χ1) is 6.28. The van der Waals surface area contributed by atoms with Crippen LogP contribution >= 0.6 is 0 Å². The van der Waals surface area contributed by atoms with Gasteiger partial charge in [-0.25, -0.2) is 0 Å². The molecule has 0 radical (unpaired) electrons. The van der Waals surface area contributed by atoms with E-state index in [0.717, 1.165) is 0 Å². The maximum Gasteiger partial charge on any atom is 0.487 e. The van der Waals surface area contributed by atoms with Crippen molar-refractivity contribution >= 4 is 9.53 Å². The van der Waals surface area contributed by atoms with Crippen molar-refractivity contribution in [1.29, 1.82) is 0 Å². The normalized spacial score (nSPS) is 11.5. The van der Waals surface area contributed by atoms with E-state index in [4.69, 9.17) is 22.8 Å². The quantitative estimate of drug-likeness (QED) is 0.428. The van der Waals surface area contributed by atoms with E-state index in [2.05, 4.69) is 0 Å². The predicted molar refractivity (Wildman–Crippen MR) is 49.3 cm³/mol. The number of ether oxygens (including phenoxy) is 2. The van der Waals surface area contributed by atoms with Gasteiger partial charge in [-0.05, 0) is 13.8 Å². The van der Waals surface area contributed by atoms with Gasteiger partial charge in [0.05, 0.1) is 0 Å². The van der Waals surface area contributed by atoms with E-state index in [0.29, 0.717) is 13.2 Å². The molecule has 80 valence electrons. The minimum Gasteiger partial charge on any atom is -0.379 e. The molecule has 0 spiro atoms. The molecule has 0 N–H and O–H groups in total. The third-order valence-electron chi connectivity index (χ3n) is 1.21. The van der Waals surface area contributed by atoms with E-state index in [9.17, 15) is 0 Å². The number of hydrogen-bond donors (Lipinski definition) is 0. The Hall–Kier alpha value is 0.0169. The first kappa shape index (κ1) is 13.0. The van der Waals surface area contributed by atoms with Crippen LogP contribution in [-0.4, -0.2) is 43.4 Å². The molecule has 0 aromatic heterocycles. The highest BCUT2D eigenvalue weighted by molar-refractivity contribution is 6.36. The van der Waals surface area contributed by atoms with Crippen LogP contribution in [0.3, 0.4) is 0 Å². The van der Waals surface area contributed by atoms with Crippen LogP contribution in [0.1, 0.15) is 13.8 Å². The molecule has 13 heavy (non-hydrogen) atoms. The maximum atomic E-state index is 5.28. The first-order valence-corrected chi connectivity index (χ1v) is 5.64. The molecule has 0 saturated carbocycles. The summed E-state index contributed by atoms with van der Waals surface area (Å²) in [5.74, 6) is 0. The lowest BCUT2D eigenvalue weighted by Gasteiger charge is -2.20. The molecule has 0 amide bonds. The van der Waals surface area contributed by atoms with E-state index in [-0.39, 0.29) is 0 Å². The van der Waals surface area contributed by atoms with Gasteiger partial charge in [0, 0.05) is 27.4 Å². The molecule has 0 aromatic carbocycles. The molecule has 5 nitrogen and oxygen atoms in total. The van der Waals surface area contributed by atoms with Crippen molar-refractivity contribution in [3.63, 3.8) is 0 Å². The lowest BCUT2D eigenvalue weighted by molar-refractivity contribution is -0.256. The highest BCUT2D eigenvalue weighted by Gasteiger charge is 2.19. The first-order valence-electron chi connectivity index (χ1n) is 4.22. The maximum absolute atomic E-state index is 5.28. The average Bonchev–Trinajstić information content (AvgIpc) is 2.14. The zero-order valence-corrected chi connectivity index (χ0v) is 9.76. The molecule has 0 bridgehead atoms. The summed E-state index contributed by atoms with van der Waals surface area (Å²) in [7, 11) is 1.01. The molecule has 0 aliphatic rings. The predicted octanol–water partition coefficient (Wildman–Crippen LogP) is 0.370. The van der Waals surface area contributed by atoms with Gasteiger partial charge in [0.1, 0.15) is 0 Å². The smallest absolute Gasteiger partial charge is 0.379 e. The zero-order valence-electron chi connectivity index (χ0n) is 8.61. The van der Waals surface area contributed by atoms with E-state index < -0.39 is 16.0 Å². The zero-order chi connectivity index (χ0) is 10.1. The Morgan fingerprint density at radius 1 is 1.00 bits per heavy atom. The third kappa shape index (κ3) is 6.14. The Morgan fingerprint density at radius 2 is 1.46 bits per heavy atom. The van der Waals surface area contributed by atoms with Gasteiger partial charge in [-0.15, -0.1) is 0 Å². The molecule has 0 aliphatic carbocycles. The fourth-order valence-electron chi connectivity index (χ4n) is 0.697. The molecule has 0 atom stereocenters. The van der Waals surface area contributed by atoms with Crippen molar-refractivity contribution in [1.82, 2.24) is 0 Å². The fraction of sp³-hybridized carbons (Fsp3) is 1.00. The Balaban J connectivity index is 3.76. The van der Waals surface area contributed by atoms with Crippen LogP contribution in [0.25, 0.3) is 0 Å². The fourth-order valence-corrected chi connectivity index (χ4v) is 1.45. The molecule has 6 heteroatoms. The topological polar surface area (TPSA) is 46.2 Å². The van der Waals surface area contributed by atoms with Crippen LogP contribution in [0.5, 0.6) is 0 Å². The Kier molecular flexibility index (Phi) is 8.62. The Morgan fingerprint density at radius 3 is 1.77 bits per heavy atom. The lowest BCUT2D eigenvalue weighted by Crippen LogP contribution is -2.33. The standard InChI is InChI=1S/C7H18O5Si/c1-5-10-7(11-6-2)12-13(8-3)9-4/h7,13H,5-6H2,1-4H3. The van der Waals surface area contributed by atoms with Gasteiger partial charge in [0.2, 0.25) is 0 Å². The minimum absolute atomic E-state index is 0.527. The van der Waals surface area contributed by atoms with Crippen LogP contribution < -0.4 is 0 Å². The van der Waals surface area contributed by atoms with Gasteiger partial charge in [0.25, 0.3) is 6.48 Å². The van der Waals surface area contributed by atoms with Gasteiger partial charge in [-0.3, -0.25) is 0 Å². The molecule has 0 unspecified atom stereocenters. The molecule has 0 fully saturated rings. The Bertz CT molecular complexity index is 103. The largest absolute Gasteiger partial charge is 0.487 e.